The summed E-state index contributed by atoms with van der Waals surface area (Å²) in [7, 11) is 0. The Hall–Kier alpha value is -1.42. The van der Waals surface area contributed by atoms with Crippen molar-refractivity contribution in [1.82, 2.24) is 0 Å². The van der Waals surface area contributed by atoms with Crippen LogP contribution in [-0.4, -0.2) is 11.8 Å². The third-order valence-corrected chi connectivity index (χ3v) is 5.60. The third kappa shape index (κ3) is 4.21. The zero-order chi connectivity index (χ0) is 18.6. The van der Waals surface area contributed by atoms with Crippen LogP contribution in [0.1, 0.15) is 60.5 Å². The van der Waals surface area contributed by atoms with Gasteiger partial charge in [-0.25, -0.2) is 0 Å². The Morgan fingerprint density at radius 3 is 1.59 bits per heavy atom. The van der Waals surface area contributed by atoms with E-state index in [0.717, 1.165) is 61.2 Å². The van der Waals surface area contributed by atoms with Crippen LogP contribution < -0.4 is 9.47 Å². The smallest absolute Gasteiger partial charge is 0.233 e. The number of aryl methyl sites for hydroxylation is 2. The molecule has 2 unspecified atom stereocenters. The molecule has 2 aromatic carbocycles. The number of alkyl halides is 2. The van der Waals surface area contributed by atoms with Gasteiger partial charge in [0.2, 0.25) is 12.6 Å². The number of benzene rings is 2. The van der Waals surface area contributed by atoms with Gasteiger partial charge < -0.3 is 9.47 Å². The number of rotatable bonds is 8. The van der Waals surface area contributed by atoms with Gasteiger partial charge in [0.15, 0.2) is 0 Å². The molecule has 4 rings (SSSR count). The van der Waals surface area contributed by atoms with E-state index in [1.165, 1.54) is 11.1 Å². The maximum atomic E-state index is 6.15. The van der Waals surface area contributed by atoms with E-state index in [-0.39, 0.29) is 0 Å². The number of hydrogen-bond acceptors (Lipinski definition) is 3. The quantitative estimate of drug-likeness (QED) is 0.379. The van der Waals surface area contributed by atoms with Gasteiger partial charge in [-0.05, 0) is 73.9 Å². The molecule has 2 aliphatic heterocycles. The third-order valence-electron chi connectivity index (χ3n) is 5.07. The number of unbranched alkanes of at least 4 members (excludes halogenated alkanes) is 2. The van der Waals surface area contributed by atoms with Gasteiger partial charge in [0.05, 0.1) is 11.1 Å². The summed E-state index contributed by atoms with van der Waals surface area (Å²) in [4.78, 5) is 0. The van der Waals surface area contributed by atoms with E-state index in [0.29, 0.717) is 11.8 Å². The summed E-state index contributed by atoms with van der Waals surface area (Å²) in [5.41, 5.74) is 4.44. The van der Waals surface area contributed by atoms with E-state index in [9.17, 15) is 0 Å². The molecule has 2 aromatic rings. The van der Waals surface area contributed by atoms with Gasteiger partial charge in [0.1, 0.15) is 11.5 Å². The first kappa shape index (κ1) is 18.9. The van der Waals surface area contributed by atoms with Crippen LogP contribution in [-0.2, 0) is 17.6 Å². The standard InChI is InChI=1S/C22H24Cl2O3/c23-11-3-1-5-15-7-9-19-17(13-15)21-26-20-10-8-16(6-2-4-12-24)14-18(20)22(25-19)27-21/h7-10,13-14,21-22H,1-6,11-12H2. The minimum atomic E-state index is -0.415. The molecule has 0 amide bonds. The molecule has 3 nitrogen and oxygen atoms in total. The highest BCUT2D eigenvalue weighted by molar-refractivity contribution is 6.18. The van der Waals surface area contributed by atoms with Crippen LogP contribution in [0.25, 0.3) is 0 Å². The second kappa shape index (κ2) is 8.72. The van der Waals surface area contributed by atoms with Gasteiger partial charge in [-0.3, -0.25) is 4.74 Å². The molecular weight excluding hydrogens is 383 g/mol. The van der Waals surface area contributed by atoms with Crippen molar-refractivity contribution in [3.63, 3.8) is 0 Å². The summed E-state index contributed by atoms with van der Waals surface area (Å²) in [6.45, 7) is 0. The zero-order valence-electron chi connectivity index (χ0n) is 15.3. The summed E-state index contributed by atoms with van der Waals surface area (Å²) in [6.07, 6.45) is 5.36. The Bertz CT molecular complexity index is 728. The van der Waals surface area contributed by atoms with Crippen LogP contribution in [0.2, 0.25) is 0 Å². The van der Waals surface area contributed by atoms with Crippen LogP contribution in [0.5, 0.6) is 11.5 Å². The summed E-state index contributed by atoms with van der Waals surface area (Å²) >= 11 is 11.6. The Morgan fingerprint density at radius 1 is 0.667 bits per heavy atom. The van der Waals surface area contributed by atoms with Crippen molar-refractivity contribution in [3.8, 4) is 11.5 Å². The molecule has 2 heterocycles. The molecule has 144 valence electrons. The Balaban J connectivity index is 1.52. The van der Waals surface area contributed by atoms with Gasteiger partial charge in [-0.15, -0.1) is 23.2 Å². The van der Waals surface area contributed by atoms with Crippen molar-refractivity contribution in [3.05, 3.63) is 58.7 Å². The average Bonchev–Trinajstić information content (AvgIpc) is 2.69. The van der Waals surface area contributed by atoms with Crippen LogP contribution >= 0.6 is 23.2 Å². The van der Waals surface area contributed by atoms with E-state index < -0.39 is 12.6 Å². The molecule has 2 bridgehead atoms. The van der Waals surface area contributed by atoms with Gasteiger partial charge in [0, 0.05) is 11.8 Å². The van der Waals surface area contributed by atoms with E-state index >= 15 is 0 Å². The number of hydrogen-bond donors (Lipinski definition) is 0. The SMILES string of the molecule is ClCCCCc1ccc2c(c1)C1Oc3ccc(CCCCCl)cc3C(O2)O1. The molecule has 0 saturated carbocycles. The van der Waals surface area contributed by atoms with Gasteiger partial charge in [-0.2, -0.15) is 0 Å². The largest absolute Gasteiger partial charge is 0.460 e. The van der Waals surface area contributed by atoms with Crippen molar-refractivity contribution in [1.29, 1.82) is 0 Å². The van der Waals surface area contributed by atoms with Crippen LogP contribution in [0.4, 0.5) is 0 Å². The van der Waals surface area contributed by atoms with E-state index in [4.69, 9.17) is 37.4 Å². The van der Waals surface area contributed by atoms with E-state index in [2.05, 4.69) is 24.3 Å². The molecule has 0 aromatic heterocycles. The Labute approximate surface area is 170 Å². The highest BCUT2D eigenvalue weighted by Crippen LogP contribution is 2.47. The maximum Gasteiger partial charge on any atom is 0.233 e. The fourth-order valence-electron chi connectivity index (χ4n) is 3.61. The monoisotopic (exact) mass is 406 g/mol. The molecule has 0 N–H and O–H groups in total. The zero-order valence-corrected chi connectivity index (χ0v) is 16.8. The summed E-state index contributed by atoms with van der Waals surface area (Å²) in [5.74, 6) is 3.09. The van der Waals surface area contributed by atoms with Gasteiger partial charge in [-0.1, -0.05) is 12.1 Å². The number of ether oxygens (including phenoxy) is 3. The Kier molecular flexibility index (Phi) is 6.11. The highest BCUT2D eigenvalue weighted by Gasteiger charge is 2.37. The minimum absolute atomic E-state index is 0.415. The topological polar surface area (TPSA) is 27.7 Å². The molecule has 0 aliphatic carbocycles. The molecule has 2 aliphatic rings. The molecule has 5 heteroatoms. The molecule has 0 saturated heterocycles. The van der Waals surface area contributed by atoms with Crippen molar-refractivity contribution in [2.75, 3.05) is 11.8 Å². The number of halogens is 2. The highest BCUT2D eigenvalue weighted by atomic mass is 35.5. The number of fused-ring (bicyclic) bond motifs is 6. The fourth-order valence-corrected chi connectivity index (χ4v) is 3.99. The van der Waals surface area contributed by atoms with Crippen molar-refractivity contribution >= 4 is 23.2 Å². The van der Waals surface area contributed by atoms with Crippen molar-refractivity contribution in [2.24, 2.45) is 0 Å². The van der Waals surface area contributed by atoms with E-state index in [1.807, 2.05) is 12.1 Å². The molecule has 0 radical (unpaired) electrons. The molecule has 0 fully saturated rings. The average molecular weight is 407 g/mol. The first-order valence-corrected chi connectivity index (χ1v) is 10.7. The van der Waals surface area contributed by atoms with Crippen LogP contribution in [0.15, 0.2) is 36.4 Å². The lowest BCUT2D eigenvalue weighted by molar-refractivity contribution is -0.227. The van der Waals surface area contributed by atoms with Crippen LogP contribution in [0, 0.1) is 0 Å². The maximum absolute atomic E-state index is 6.15. The summed E-state index contributed by atoms with van der Waals surface area (Å²) < 4.78 is 18.3. The van der Waals surface area contributed by atoms with E-state index in [1.54, 1.807) is 0 Å². The lowest BCUT2D eigenvalue weighted by Crippen LogP contribution is -2.30. The normalized spacial score (nSPS) is 19.6. The predicted octanol–water partition coefficient (Wildman–Crippen LogP) is 6.31. The first-order valence-electron chi connectivity index (χ1n) is 9.65. The summed E-state index contributed by atoms with van der Waals surface area (Å²) in [6, 6.07) is 12.6. The lowest BCUT2D eigenvalue weighted by atomic mass is 10.0. The minimum Gasteiger partial charge on any atom is -0.460 e. The second-order valence-electron chi connectivity index (χ2n) is 7.07. The van der Waals surface area contributed by atoms with Crippen molar-refractivity contribution < 1.29 is 14.2 Å². The van der Waals surface area contributed by atoms with Crippen LogP contribution in [0.3, 0.4) is 0 Å². The van der Waals surface area contributed by atoms with Crippen molar-refractivity contribution in [2.45, 2.75) is 51.1 Å². The predicted molar refractivity (Wildman–Crippen MR) is 108 cm³/mol. The fraction of sp³-hybridized carbons (Fsp3) is 0.455. The Morgan fingerprint density at radius 2 is 1.15 bits per heavy atom. The molecule has 2 atom stereocenters. The molecular formula is C22H24Cl2O3. The van der Waals surface area contributed by atoms with Gasteiger partial charge >= 0.3 is 0 Å². The first-order chi connectivity index (χ1) is 13.3. The van der Waals surface area contributed by atoms with Gasteiger partial charge in [0.25, 0.3) is 0 Å². The molecule has 27 heavy (non-hydrogen) atoms. The lowest BCUT2D eigenvalue weighted by Gasteiger charge is -2.38. The second-order valence-corrected chi connectivity index (χ2v) is 7.83. The summed E-state index contributed by atoms with van der Waals surface area (Å²) in [5, 5.41) is 0. The molecule has 0 spiro atoms.